The Balaban J connectivity index is 2.03. The Morgan fingerprint density at radius 1 is 1.04 bits per heavy atom. The number of anilines is 1. The Bertz CT molecular complexity index is 1220. The second-order valence-corrected chi connectivity index (χ2v) is 5.70. The van der Waals surface area contributed by atoms with Crippen molar-refractivity contribution >= 4 is 28.6 Å². The molecule has 3 aromatic rings. The normalized spacial score (nSPS) is 13.2. The lowest BCUT2D eigenvalue weighted by molar-refractivity contribution is 0.0880. The number of carbonyl (C=O) groups is 2. The molecule has 3 N–H and O–H groups in total. The SMILES string of the molecule is Cc1cc(=O)oc2cc(-n3c(N)c4c(cc3=O)C(=O)NC4=O)ccc12. The third kappa shape index (κ3) is 2.08. The number of nitrogens with one attached hydrogen (secondary N) is 1. The van der Waals surface area contributed by atoms with Gasteiger partial charge in [0.1, 0.15) is 11.4 Å². The fourth-order valence-electron chi connectivity index (χ4n) is 3.00. The summed E-state index contributed by atoms with van der Waals surface area (Å²) in [7, 11) is 0. The average molecular weight is 337 g/mol. The second kappa shape index (κ2) is 4.91. The molecule has 0 atom stereocenters. The maximum absolute atomic E-state index is 12.4. The lowest BCUT2D eigenvalue weighted by atomic mass is 10.1. The van der Waals surface area contributed by atoms with Crippen molar-refractivity contribution in [3.8, 4) is 5.69 Å². The van der Waals surface area contributed by atoms with Gasteiger partial charge in [-0.15, -0.1) is 0 Å². The largest absolute Gasteiger partial charge is 0.423 e. The van der Waals surface area contributed by atoms with Gasteiger partial charge in [0.2, 0.25) is 0 Å². The molecule has 0 spiro atoms. The second-order valence-electron chi connectivity index (χ2n) is 5.70. The molecule has 0 saturated heterocycles. The molecule has 1 aliphatic heterocycles. The highest BCUT2D eigenvalue weighted by Crippen LogP contribution is 2.25. The lowest BCUT2D eigenvalue weighted by Crippen LogP contribution is -2.24. The number of nitrogen functional groups attached to an aromatic ring is 1. The number of fused-ring (bicyclic) bond motifs is 2. The minimum atomic E-state index is -0.658. The van der Waals surface area contributed by atoms with E-state index < -0.39 is 23.0 Å². The number of carbonyl (C=O) groups excluding carboxylic acids is 2. The van der Waals surface area contributed by atoms with Crippen molar-refractivity contribution in [3.05, 3.63) is 67.8 Å². The summed E-state index contributed by atoms with van der Waals surface area (Å²) in [5.41, 5.74) is 6.14. The van der Waals surface area contributed by atoms with E-state index in [0.29, 0.717) is 11.1 Å². The van der Waals surface area contributed by atoms with Gasteiger partial charge in [0, 0.05) is 23.6 Å². The van der Waals surface area contributed by atoms with Gasteiger partial charge in [-0.3, -0.25) is 24.3 Å². The summed E-state index contributed by atoms with van der Waals surface area (Å²) in [4.78, 5) is 47.6. The summed E-state index contributed by atoms with van der Waals surface area (Å²) in [6.07, 6.45) is 0. The van der Waals surface area contributed by atoms with Gasteiger partial charge in [-0.2, -0.15) is 0 Å². The van der Waals surface area contributed by atoms with Gasteiger partial charge in [0.15, 0.2) is 0 Å². The topological polar surface area (TPSA) is 124 Å². The van der Waals surface area contributed by atoms with Crippen LogP contribution in [0.25, 0.3) is 16.7 Å². The highest BCUT2D eigenvalue weighted by molar-refractivity contribution is 6.23. The average Bonchev–Trinajstić information content (AvgIpc) is 2.81. The number of aromatic nitrogens is 1. The predicted octanol–water partition coefficient (Wildman–Crippen LogP) is 0.718. The standard InChI is InChI=1S/C17H11N3O5/c1-7-4-13(22)25-11-5-8(2-3-9(7)11)20-12(21)6-10-14(15(20)18)17(24)19-16(10)23/h2-6H,18H2,1H3,(H,19,23,24). The first-order chi connectivity index (χ1) is 11.9. The number of nitrogens with two attached hydrogens (primary N) is 1. The van der Waals surface area contributed by atoms with E-state index >= 15 is 0 Å². The fraction of sp³-hybridized carbons (Fsp3) is 0.0588. The van der Waals surface area contributed by atoms with E-state index in [1.807, 2.05) is 0 Å². The number of aryl methyl sites for hydroxylation is 1. The molecule has 1 aliphatic rings. The van der Waals surface area contributed by atoms with Crippen molar-refractivity contribution in [2.24, 2.45) is 0 Å². The van der Waals surface area contributed by atoms with E-state index in [4.69, 9.17) is 10.2 Å². The summed E-state index contributed by atoms with van der Waals surface area (Å²) in [5, 5.41) is 2.82. The summed E-state index contributed by atoms with van der Waals surface area (Å²) in [6, 6.07) is 7.22. The number of nitrogens with zero attached hydrogens (tertiary/aromatic N) is 1. The van der Waals surface area contributed by atoms with Crippen molar-refractivity contribution < 1.29 is 14.0 Å². The molecular formula is C17H11N3O5. The Morgan fingerprint density at radius 2 is 1.80 bits per heavy atom. The quantitative estimate of drug-likeness (QED) is 0.498. The zero-order valence-electron chi connectivity index (χ0n) is 13.0. The maximum atomic E-state index is 12.4. The van der Waals surface area contributed by atoms with Crippen LogP contribution in [0.2, 0.25) is 0 Å². The molecule has 2 amide bonds. The van der Waals surface area contributed by atoms with E-state index in [-0.39, 0.29) is 22.5 Å². The number of imide groups is 1. The molecule has 4 rings (SSSR count). The summed E-state index contributed by atoms with van der Waals surface area (Å²) in [5.74, 6) is -1.47. The molecule has 0 radical (unpaired) electrons. The monoisotopic (exact) mass is 337 g/mol. The minimum Gasteiger partial charge on any atom is -0.423 e. The Hall–Kier alpha value is -3.68. The highest BCUT2D eigenvalue weighted by Gasteiger charge is 2.31. The zero-order chi connectivity index (χ0) is 17.9. The van der Waals surface area contributed by atoms with Crippen molar-refractivity contribution in [1.82, 2.24) is 9.88 Å². The molecular weight excluding hydrogens is 326 g/mol. The smallest absolute Gasteiger partial charge is 0.336 e. The van der Waals surface area contributed by atoms with E-state index in [0.717, 1.165) is 16.2 Å². The molecule has 8 nitrogen and oxygen atoms in total. The van der Waals surface area contributed by atoms with Crippen LogP contribution in [0.5, 0.6) is 0 Å². The van der Waals surface area contributed by atoms with Gasteiger partial charge in [-0.25, -0.2) is 4.79 Å². The molecule has 0 saturated carbocycles. The van der Waals surface area contributed by atoms with Gasteiger partial charge in [0.05, 0.1) is 16.8 Å². The number of rotatable bonds is 1. The van der Waals surface area contributed by atoms with Gasteiger partial charge < -0.3 is 10.2 Å². The highest BCUT2D eigenvalue weighted by atomic mass is 16.4. The van der Waals surface area contributed by atoms with Gasteiger partial charge >= 0.3 is 5.63 Å². The molecule has 8 heteroatoms. The number of benzene rings is 1. The fourth-order valence-corrected chi connectivity index (χ4v) is 3.00. The third-order valence-electron chi connectivity index (χ3n) is 4.15. The van der Waals surface area contributed by atoms with Crippen LogP contribution in [0.3, 0.4) is 0 Å². The first-order valence-corrected chi connectivity index (χ1v) is 7.33. The molecule has 1 aromatic carbocycles. The van der Waals surface area contributed by atoms with E-state index in [1.54, 1.807) is 19.1 Å². The summed E-state index contributed by atoms with van der Waals surface area (Å²) >= 11 is 0. The van der Waals surface area contributed by atoms with Crippen molar-refractivity contribution in [3.63, 3.8) is 0 Å². The van der Waals surface area contributed by atoms with Crippen LogP contribution in [0, 0.1) is 6.92 Å². The summed E-state index contributed by atoms with van der Waals surface area (Å²) < 4.78 is 6.27. The number of pyridine rings is 1. The van der Waals surface area contributed by atoms with Crippen molar-refractivity contribution in [1.29, 1.82) is 0 Å². The van der Waals surface area contributed by atoms with Gasteiger partial charge in [-0.1, -0.05) is 0 Å². The number of amides is 2. The molecule has 0 fully saturated rings. The van der Waals surface area contributed by atoms with Gasteiger partial charge in [0.25, 0.3) is 17.4 Å². The van der Waals surface area contributed by atoms with Crippen LogP contribution in [-0.4, -0.2) is 16.4 Å². The third-order valence-corrected chi connectivity index (χ3v) is 4.15. The molecule has 25 heavy (non-hydrogen) atoms. The molecule has 0 bridgehead atoms. The van der Waals surface area contributed by atoms with Crippen LogP contribution in [0.15, 0.2) is 44.3 Å². The minimum absolute atomic E-state index is 0.0459. The predicted molar refractivity (Wildman–Crippen MR) is 89.0 cm³/mol. The van der Waals surface area contributed by atoms with Crippen molar-refractivity contribution in [2.75, 3.05) is 5.73 Å². The van der Waals surface area contributed by atoms with Crippen LogP contribution >= 0.6 is 0 Å². The maximum Gasteiger partial charge on any atom is 0.336 e. The Kier molecular flexibility index (Phi) is 2.92. The Labute approximate surface area is 139 Å². The van der Waals surface area contributed by atoms with E-state index in [1.165, 1.54) is 12.1 Å². The molecule has 2 aromatic heterocycles. The molecule has 0 aliphatic carbocycles. The van der Waals surface area contributed by atoms with Crippen LogP contribution in [0.1, 0.15) is 26.3 Å². The molecule has 0 unspecified atom stereocenters. The lowest BCUT2D eigenvalue weighted by Gasteiger charge is -2.12. The first kappa shape index (κ1) is 14.9. The number of hydrogen-bond acceptors (Lipinski definition) is 6. The Morgan fingerprint density at radius 3 is 2.56 bits per heavy atom. The molecule has 124 valence electrons. The zero-order valence-corrected chi connectivity index (χ0v) is 13.0. The first-order valence-electron chi connectivity index (χ1n) is 7.33. The van der Waals surface area contributed by atoms with E-state index in [9.17, 15) is 19.2 Å². The van der Waals surface area contributed by atoms with Crippen LogP contribution in [0.4, 0.5) is 5.82 Å². The number of hydrogen-bond donors (Lipinski definition) is 2. The van der Waals surface area contributed by atoms with Crippen molar-refractivity contribution in [2.45, 2.75) is 6.92 Å². The van der Waals surface area contributed by atoms with Gasteiger partial charge in [-0.05, 0) is 24.6 Å². The molecule has 3 heterocycles. The summed E-state index contributed by atoms with van der Waals surface area (Å²) in [6.45, 7) is 1.77. The van der Waals surface area contributed by atoms with E-state index in [2.05, 4.69) is 5.32 Å². The van der Waals surface area contributed by atoms with Crippen LogP contribution in [-0.2, 0) is 0 Å². The van der Waals surface area contributed by atoms with Crippen LogP contribution < -0.4 is 22.2 Å².